The molecule has 0 saturated carbocycles. The summed E-state index contributed by atoms with van der Waals surface area (Å²) in [6, 6.07) is 10.0. The zero-order valence-corrected chi connectivity index (χ0v) is 12.9. The Balaban J connectivity index is 1.79. The Morgan fingerprint density at radius 3 is 2.74 bits per heavy atom. The fourth-order valence-electron chi connectivity index (χ4n) is 2.07. The number of nitrogens with two attached hydrogens (primary N) is 1. The summed E-state index contributed by atoms with van der Waals surface area (Å²) in [5.41, 5.74) is 7.24. The fraction of sp³-hybridized carbons (Fsp3) is 0.333. The van der Waals surface area contributed by atoms with E-state index in [-0.39, 0.29) is 6.04 Å². The maximum atomic E-state index is 6.16. The molecule has 0 aliphatic rings. The first-order chi connectivity index (χ1) is 9.15. The maximum absolute atomic E-state index is 6.16. The molecule has 0 aliphatic heterocycles. The van der Waals surface area contributed by atoms with Crippen molar-refractivity contribution in [3.05, 3.63) is 56.2 Å². The molecule has 0 amide bonds. The lowest BCUT2D eigenvalue weighted by Crippen LogP contribution is -2.23. The van der Waals surface area contributed by atoms with Crippen LogP contribution in [-0.2, 0) is 12.8 Å². The van der Waals surface area contributed by atoms with Crippen LogP contribution < -0.4 is 5.73 Å². The molecule has 2 aromatic rings. The van der Waals surface area contributed by atoms with Crippen LogP contribution in [0.3, 0.4) is 0 Å². The summed E-state index contributed by atoms with van der Waals surface area (Å²) in [6.45, 7) is 0. The molecule has 2 rings (SSSR count). The van der Waals surface area contributed by atoms with Crippen molar-refractivity contribution >= 4 is 34.5 Å². The molecule has 1 unspecified atom stereocenters. The average Bonchev–Trinajstić information content (AvgIpc) is 2.86. The predicted molar refractivity (Wildman–Crippen MR) is 85.4 cm³/mol. The molecule has 0 saturated heterocycles. The van der Waals surface area contributed by atoms with E-state index in [9.17, 15) is 0 Å². The summed E-state index contributed by atoms with van der Waals surface area (Å²) >= 11 is 13.8. The average molecular weight is 314 g/mol. The van der Waals surface area contributed by atoms with Crippen molar-refractivity contribution < 1.29 is 0 Å². The highest BCUT2D eigenvalue weighted by Crippen LogP contribution is 2.22. The summed E-state index contributed by atoms with van der Waals surface area (Å²) in [7, 11) is 0. The molecule has 19 heavy (non-hydrogen) atoms. The minimum atomic E-state index is 0.152. The molecule has 1 heterocycles. The van der Waals surface area contributed by atoms with E-state index in [1.165, 1.54) is 4.88 Å². The van der Waals surface area contributed by atoms with Crippen molar-refractivity contribution in [2.75, 3.05) is 0 Å². The van der Waals surface area contributed by atoms with Crippen LogP contribution in [0.15, 0.2) is 35.7 Å². The van der Waals surface area contributed by atoms with E-state index in [2.05, 4.69) is 17.5 Å². The number of thiophene rings is 1. The third kappa shape index (κ3) is 4.81. The number of aryl methyl sites for hydroxylation is 1. The molecule has 0 aliphatic carbocycles. The van der Waals surface area contributed by atoms with Crippen LogP contribution in [0.25, 0.3) is 0 Å². The van der Waals surface area contributed by atoms with E-state index in [0.29, 0.717) is 10.0 Å². The molecular weight excluding hydrogens is 297 g/mol. The quantitative estimate of drug-likeness (QED) is 0.802. The highest BCUT2D eigenvalue weighted by molar-refractivity contribution is 7.09. The van der Waals surface area contributed by atoms with Gasteiger partial charge in [0.1, 0.15) is 0 Å². The summed E-state index contributed by atoms with van der Waals surface area (Å²) in [4.78, 5) is 1.43. The second-order valence-electron chi connectivity index (χ2n) is 4.67. The van der Waals surface area contributed by atoms with Gasteiger partial charge in [-0.3, -0.25) is 0 Å². The molecular formula is C15H17Cl2NS. The van der Waals surface area contributed by atoms with Crippen molar-refractivity contribution in [1.82, 2.24) is 0 Å². The van der Waals surface area contributed by atoms with Gasteiger partial charge in [-0.05, 0) is 54.8 Å². The number of hydrogen-bond donors (Lipinski definition) is 1. The first kappa shape index (κ1) is 14.9. The van der Waals surface area contributed by atoms with Gasteiger partial charge in [0, 0.05) is 21.0 Å². The third-order valence-corrected chi connectivity index (χ3v) is 4.60. The topological polar surface area (TPSA) is 26.0 Å². The minimum absolute atomic E-state index is 0.152. The number of halogens is 2. The lowest BCUT2D eigenvalue weighted by molar-refractivity contribution is 0.582. The Kier molecular flexibility index (Phi) is 5.71. The summed E-state index contributed by atoms with van der Waals surface area (Å²) in [5, 5.41) is 3.49. The molecule has 1 nitrogen and oxygen atoms in total. The predicted octanol–water partition coefficient (Wildman–Crippen LogP) is 4.95. The van der Waals surface area contributed by atoms with Gasteiger partial charge < -0.3 is 5.73 Å². The second-order valence-corrected chi connectivity index (χ2v) is 6.55. The first-order valence-electron chi connectivity index (χ1n) is 6.37. The van der Waals surface area contributed by atoms with Crippen molar-refractivity contribution in [1.29, 1.82) is 0 Å². The van der Waals surface area contributed by atoms with Crippen LogP contribution >= 0.6 is 34.5 Å². The lowest BCUT2D eigenvalue weighted by atomic mass is 10.0. The standard InChI is InChI=1S/C15H17Cl2NS/c16-12-7-6-11(15(17)10-12)9-13(18)3-1-4-14-5-2-8-19-14/h2,5-8,10,13H,1,3-4,9,18H2. The molecule has 1 atom stereocenters. The lowest BCUT2D eigenvalue weighted by Gasteiger charge is -2.12. The largest absolute Gasteiger partial charge is 0.327 e. The van der Waals surface area contributed by atoms with Crippen molar-refractivity contribution in [3.63, 3.8) is 0 Å². The van der Waals surface area contributed by atoms with Crippen LogP contribution in [0.2, 0.25) is 10.0 Å². The van der Waals surface area contributed by atoms with Crippen LogP contribution in [0.1, 0.15) is 23.3 Å². The second kappa shape index (κ2) is 7.30. The van der Waals surface area contributed by atoms with Gasteiger partial charge in [-0.2, -0.15) is 0 Å². The van der Waals surface area contributed by atoms with Gasteiger partial charge in [-0.1, -0.05) is 35.3 Å². The van der Waals surface area contributed by atoms with E-state index < -0.39 is 0 Å². The zero-order chi connectivity index (χ0) is 13.7. The van der Waals surface area contributed by atoms with Crippen LogP contribution in [0, 0.1) is 0 Å². The molecule has 0 radical (unpaired) electrons. The monoisotopic (exact) mass is 313 g/mol. The van der Waals surface area contributed by atoms with E-state index >= 15 is 0 Å². The van der Waals surface area contributed by atoms with E-state index in [1.807, 2.05) is 12.1 Å². The highest BCUT2D eigenvalue weighted by Gasteiger charge is 2.08. The molecule has 4 heteroatoms. The van der Waals surface area contributed by atoms with Gasteiger partial charge in [-0.25, -0.2) is 0 Å². The third-order valence-electron chi connectivity index (χ3n) is 3.08. The molecule has 1 aromatic heterocycles. The normalized spacial score (nSPS) is 12.6. The maximum Gasteiger partial charge on any atom is 0.0453 e. The Morgan fingerprint density at radius 2 is 2.05 bits per heavy atom. The molecule has 1 aromatic carbocycles. The Hall–Kier alpha value is -0.540. The van der Waals surface area contributed by atoms with Gasteiger partial charge in [-0.15, -0.1) is 11.3 Å². The van der Waals surface area contributed by atoms with Crippen molar-refractivity contribution in [2.45, 2.75) is 31.7 Å². The summed E-state index contributed by atoms with van der Waals surface area (Å²) in [6.07, 6.45) is 4.05. The van der Waals surface area contributed by atoms with Gasteiger partial charge in [0.05, 0.1) is 0 Å². The van der Waals surface area contributed by atoms with E-state index in [1.54, 1.807) is 17.4 Å². The SMILES string of the molecule is NC(CCCc1cccs1)Cc1ccc(Cl)cc1Cl. The van der Waals surface area contributed by atoms with Crippen LogP contribution in [0.4, 0.5) is 0 Å². The van der Waals surface area contributed by atoms with Crippen molar-refractivity contribution in [2.24, 2.45) is 5.73 Å². The van der Waals surface area contributed by atoms with Crippen molar-refractivity contribution in [3.8, 4) is 0 Å². The van der Waals surface area contributed by atoms with Crippen LogP contribution in [0.5, 0.6) is 0 Å². The molecule has 2 N–H and O–H groups in total. The Bertz CT molecular complexity index is 511. The zero-order valence-electron chi connectivity index (χ0n) is 10.6. The van der Waals surface area contributed by atoms with Gasteiger partial charge in [0.2, 0.25) is 0 Å². The first-order valence-corrected chi connectivity index (χ1v) is 8.00. The molecule has 0 spiro atoms. The number of hydrogen-bond acceptors (Lipinski definition) is 2. The minimum Gasteiger partial charge on any atom is -0.327 e. The molecule has 0 bridgehead atoms. The van der Waals surface area contributed by atoms with Gasteiger partial charge in [0.15, 0.2) is 0 Å². The fourth-order valence-corrected chi connectivity index (χ4v) is 3.30. The Morgan fingerprint density at radius 1 is 1.21 bits per heavy atom. The highest BCUT2D eigenvalue weighted by atomic mass is 35.5. The Labute approximate surface area is 128 Å². The molecule has 102 valence electrons. The van der Waals surface area contributed by atoms with Gasteiger partial charge in [0.25, 0.3) is 0 Å². The number of benzene rings is 1. The number of rotatable bonds is 6. The summed E-state index contributed by atoms with van der Waals surface area (Å²) in [5.74, 6) is 0. The smallest absolute Gasteiger partial charge is 0.0453 e. The summed E-state index contributed by atoms with van der Waals surface area (Å²) < 4.78 is 0. The van der Waals surface area contributed by atoms with E-state index in [4.69, 9.17) is 28.9 Å². The van der Waals surface area contributed by atoms with Crippen LogP contribution in [-0.4, -0.2) is 6.04 Å². The molecule has 0 fully saturated rings. The van der Waals surface area contributed by atoms with E-state index in [0.717, 1.165) is 31.2 Å². The van der Waals surface area contributed by atoms with Gasteiger partial charge >= 0.3 is 0 Å².